The summed E-state index contributed by atoms with van der Waals surface area (Å²) in [4.78, 5) is 16.4. The third kappa shape index (κ3) is 6.82. The summed E-state index contributed by atoms with van der Waals surface area (Å²) in [6, 6.07) is 7.90. The molecule has 0 bridgehead atoms. The molecule has 1 atom stereocenters. The number of carbonyl (C=O) groups excluding carboxylic acids is 1. The Morgan fingerprint density at radius 2 is 2.17 bits per heavy atom. The van der Waals surface area contributed by atoms with Crippen LogP contribution >= 0.6 is 24.0 Å². The monoisotopic (exact) mass is 516 g/mol. The first-order chi connectivity index (χ1) is 13.6. The molecule has 2 fully saturated rings. The van der Waals surface area contributed by atoms with Gasteiger partial charge in [-0.3, -0.25) is 9.79 Å². The second-order valence-corrected chi connectivity index (χ2v) is 7.87. The van der Waals surface area contributed by atoms with Crippen molar-refractivity contribution in [2.45, 2.75) is 38.6 Å². The third-order valence-electron chi connectivity index (χ3n) is 5.81. The molecular weight excluding hydrogens is 483 g/mol. The van der Waals surface area contributed by atoms with E-state index in [0.717, 1.165) is 50.0 Å². The minimum absolute atomic E-state index is 0. The lowest BCUT2D eigenvalue weighted by Crippen LogP contribution is -2.44. The number of hydrogen-bond acceptors (Lipinski definition) is 4. The maximum Gasteiger partial charge on any atom is 0.227 e. The van der Waals surface area contributed by atoms with Crippen LogP contribution in [0.1, 0.15) is 37.7 Å². The van der Waals surface area contributed by atoms with Crippen LogP contribution in [0, 0.1) is 11.3 Å². The highest BCUT2D eigenvalue weighted by Gasteiger charge is 2.34. The number of hydrogen-bond donors (Lipinski definition) is 4. The van der Waals surface area contributed by atoms with E-state index in [0.29, 0.717) is 25.7 Å². The van der Waals surface area contributed by atoms with Crippen LogP contribution in [0.25, 0.3) is 0 Å². The summed E-state index contributed by atoms with van der Waals surface area (Å²) < 4.78 is 5.54. The number of benzene rings is 1. The van der Waals surface area contributed by atoms with E-state index in [1.165, 1.54) is 0 Å². The van der Waals surface area contributed by atoms with Crippen molar-refractivity contribution < 1.29 is 14.6 Å². The summed E-state index contributed by atoms with van der Waals surface area (Å²) in [7, 11) is 1.74. The van der Waals surface area contributed by atoms with Gasteiger partial charge in [-0.1, -0.05) is 18.6 Å². The number of carbonyl (C=O) groups is 1. The van der Waals surface area contributed by atoms with Crippen molar-refractivity contribution >= 4 is 41.5 Å². The standard InChI is InChI=1S/C21H32N4O3.HI/c1-22-20(24-14-21(8-10-26)9-11-28-15-21)23-13-16-4-2-7-18(12-16)25-19(27)17-5-3-6-17;/h2,4,7,12,17,26H,3,5-6,8-11,13-15H2,1H3,(H,25,27)(H2,22,23,24);1H. The van der Waals surface area contributed by atoms with Gasteiger partial charge in [0.05, 0.1) is 6.61 Å². The highest BCUT2D eigenvalue weighted by atomic mass is 127. The zero-order valence-electron chi connectivity index (χ0n) is 17.1. The van der Waals surface area contributed by atoms with Gasteiger partial charge in [0.15, 0.2) is 5.96 Å². The van der Waals surface area contributed by atoms with Gasteiger partial charge in [-0.05, 0) is 43.4 Å². The predicted octanol–water partition coefficient (Wildman–Crippen LogP) is 2.50. The molecule has 1 unspecified atom stereocenters. The first kappa shape index (κ1) is 23.9. The molecule has 0 spiro atoms. The Morgan fingerprint density at radius 1 is 1.34 bits per heavy atom. The molecule has 3 rings (SSSR count). The van der Waals surface area contributed by atoms with Crippen molar-refractivity contribution in [1.29, 1.82) is 0 Å². The third-order valence-corrected chi connectivity index (χ3v) is 5.81. The first-order valence-electron chi connectivity index (χ1n) is 10.2. The van der Waals surface area contributed by atoms with E-state index in [1.807, 2.05) is 24.3 Å². The van der Waals surface area contributed by atoms with E-state index < -0.39 is 0 Å². The highest BCUT2D eigenvalue weighted by Crippen LogP contribution is 2.31. The van der Waals surface area contributed by atoms with Crippen LogP contribution in [0.2, 0.25) is 0 Å². The van der Waals surface area contributed by atoms with Crippen molar-refractivity contribution in [1.82, 2.24) is 10.6 Å². The van der Waals surface area contributed by atoms with Gasteiger partial charge in [-0.15, -0.1) is 24.0 Å². The van der Waals surface area contributed by atoms with Gasteiger partial charge in [0.25, 0.3) is 0 Å². The summed E-state index contributed by atoms with van der Waals surface area (Å²) in [6.45, 7) is 2.89. The summed E-state index contributed by atoms with van der Waals surface area (Å²) in [5.41, 5.74) is 1.88. The van der Waals surface area contributed by atoms with E-state index in [9.17, 15) is 9.90 Å². The highest BCUT2D eigenvalue weighted by molar-refractivity contribution is 14.0. The number of anilines is 1. The minimum Gasteiger partial charge on any atom is -0.396 e. The maximum atomic E-state index is 12.1. The summed E-state index contributed by atoms with van der Waals surface area (Å²) in [5, 5.41) is 19.0. The van der Waals surface area contributed by atoms with Crippen LogP contribution < -0.4 is 16.0 Å². The molecule has 1 aliphatic heterocycles. The lowest BCUT2D eigenvalue weighted by atomic mass is 9.84. The normalized spacial score (nSPS) is 21.8. The number of aliphatic hydroxyl groups is 1. The molecule has 1 amide bonds. The number of halogens is 1. The molecule has 1 heterocycles. The van der Waals surface area contributed by atoms with Crippen LogP contribution in [-0.4, -0.2) is 50.4 Å². The van der Waals surface area contributed by atoms with Gasteiger partial charge in [0.1, 0.15) is 0 Å². The van der Waals surface area contributed by atoms with Crippen molar-refractivity contribution in [3.63, 3.8) is 0 Å². The van der Waals surface area contributed by atoms with E-state index in [1.54, 1.807) is 7.05 Å². The zero-order valence-corrected chi connectivity index (χ0v) is 19.4. The first-order valence-corrected chi connectivity index (χ1v) is 10.2. The Balaban J connectivity index is 0.00000300. The predicted molar refractivity (Wildman–Crippen MR) is 126 cm³/mol. The molecule has 29 heavy (non-hydrogen) atoms. The quantitative estimate of drug-likeness (QED) is 0.242. The SMILES string of the molecule is CN=C(NCc1cccc(NC(=O)C2CCC2)c1)NCC1(CCO)CCOC1.I. The van der Waals surface area contributed by atoms with Crippen LogP contribution in [0.5, 0.6) is 0 Å². The Morgan fingerprint density at radius 3 is 2.79 bits per heavy atom. The van der Waals surface area contributed by atoms with E-state index in [-0.39, 0.29) is 47.8 Å². The Bertz CT molecular complexity index is 688. The molecule has 1 aromatic rings. The number of rotatable bonds is 8. The lowest BCUT2D eigenvalue weighted by Gasteiger charge is -2.27. The number of ether oxygens (including phenoxy) is 1. The molecular formula is C21H33IN4O3. The number of amides is 1. The molecule has 1 aromatic carbocycles. The van der Waals surface area contributed by atoms with Crippen molar-refractivity contribution in [2.75, 3.05) is 38.7 Å². The van der Waals surface area contributed by atoms with Crippen LogP contribution in [-0.2, 0) is 16.1 Å². The molecule has 1 saturated carbocycles. The molecule has 2 aliphatic rings. The summed E-state index contributed by atoms with van der Waals surface area (Å²) >= 11 is 0. The van der Waals surface area contributed by atoms with E-state index in [2.05, 4.69) is 20.9 Å². The average Bonchev–Trinajstić information content (AvgIpc) is 3.10. The molecule has 7 nitrogen and oxygen atoms in total. The fourth-order valence-electron chi connectivity index (χ4n) is 3.66. The zero-order chi connectivity index (χ0) is 19.8. The maximum absolute atomic E-state index is 12.1. The molecule has 162 valence electrons. The van der Waals surface area contributed by atoms with E-state index >= 15 is 0 Å². The number of aliphatic hydroxyl groups excluding tert-OH is 1. The smallest absolute Gasteiger partial charge is 0.227 e. The number of nitrogens with one attached hydrogen (secondary N) is 3. The number of aliphatic imine (C=N–C) groups is 1. The van der Waals surface area contributed by atoms with Crippen molar-refractivity contribution in [3.8, 4) is 0 Å². The van der Waals surface area contributed by atoms with Crippen LogP contribution in [0.4, 0.5) is 5.69 Å². The van der Waals surface area contributed by atoms with Crippen molar-refractivity contribution in [3.05, 3.63) is 29.8 Å². The lowest BCUT2D eigenvalue weighted by molar-refractivity contribution is -0.122. The fourth-order valence-corrected chi connectivity index (χ4v) is 3.66. The minimum atomic E-state index is -0.0297. The number of nitrogens with zero attached hydrogens (tertiary/aromatic N) is 1. The fraction of sp³-hybridized carbons (Fsp3) is 0.619. The number of guanidine groups is 1. The van der Waals surface area contributed by atoms with Gasteiger partial charge in [0.2, 0.25) is 5.91 Å². The Hall–Kier alpha value is -1.39. The molecule has 8 heteroatoms. The second kappa shape index (κ2) is 11.7. The van der Waals surface area contributed by atoms with E-state index in [4.69, 9.17) is 4.74 Å². The summed E-state index contributed by atoms with van der Waals surface area (Å²) in [5.74, 6) is 1.02. The molecule has 1 saturated heterocycles. The van der Waals surface area contributed by atoms with Crippen molar-refractivity contribution in [2.24, 2.45) is 16.3 Å². The van der Waals surface area contributed by atoms with Crippen LogP contribution in [0.3, 0.4) is 0 Å². The largest absolute Gasteiger partial charge is 0.396 e. The Labute approximate surface area is 190 Å². The average molecular weight is 516 g/mol. The van der Waals surface area contributed by atoms with Gasteiger partial charge >= 0.3 is 0 Å². The molecule has 0 radical (unpaired) electrons. The van der Waals surface area contributed by atoms with Crippen LogP contribution in [0.15, 0.2) is 29.3 Å². The van der Waals surface area contributed by atoms with Gasteiger partial charge in [0, 0.05) is 50.4 Å². The molecule has 1 aliphatic carbocycles. The van der Waals surface area contributed by atoms with Gasteiger partial charge < -0.3 is 25.8 Å². The second-order valence-electron chi connectivity index (χ2n) is 7.87. The van der Waals surface area contributed by atoms with Gasteiger partial charge in [-0.2, -0.15) is 0 Å². The Kier molecular flexibility index (Phi) is 9.64. The molecule has 0 aromatic heterocycles. The summed E-state index contributed by atoms with van der Waals surface area (Å²) in [6.07, 6.45) is 4.82. The molecule has 4 N–H and O–H groups in total. The topological polar surface area (TPSA) is 95.0 Å². The van der Waals surface area contributed by atoms with Gasteiger partial charge in [-0.25, -0.2) is 0 Å².